The molecule has 31 heavy (non-hydrogen) atoms. The molecule has 0 amide bonds. The first kappa shape index (κ1) is 24.0. The maximum absolute atomic E-state index is 12.9. The number of furan rings is 1. The van der Waals surface area contributed by atoms with Crippen LogP contribution in [0.3, 0.4) is 0 Å². The van der Waals surface area contributed by atoms with E-state index in [1.165, 1.54) is 12.1 Å². The highest BCUT2D eigenvalue weighted by Crippen LogP contribution is 2.33. The Labute approximate surface area is 197 Å². The highest BCUT2D eigenvalue weighted by Gasteiger charge is 2.22. The first-order chi connectivity index (χ1) is 14.4. The molecule has 1 aliphatic rings. The molecule has 2 heterocycles. The zero-order valence-corrected chi connectivity index (χ0v) is 19.6. The molecule has 1 fully saturated rings. The van der Waals surface area contributed by atoms with E-state index in [1.807, 2.05) is 0 Å². The van der Waals surface area contributed by atoms with Crippen molar-refractivity contribution >= 4 is 68.0 Å². The molecule has 0 spiro atoms. The summed E-state index contributed by atoms with van der Waals surface area (Å²) < 4.78 is 39.3. The van der Waals surface area contributed by atoms with Gasteiger partial charge in [-0.25, -0.2) is 8.42 Å². The fourth-order valence-electron chi connectivity index (χ4n) is 3.39. The van der Waals surface area contributed by atoms with Crippen LogP contribution >= 0.6 is 35.6 Å². The van der Waals surface area contributed by atoms with Crippen molar-refractivity contribution in [2.75, 3.05) is 49.4 Å². The quantitative estimate of drug-likeness (QED) is 0.483. The lowest BCUT2D eigenvalue weighted by molar-refractivity contribution is 0.0398. The van der Waals surface area contributed by atoms with Crippen molar-refractivity contribution in [2.45, 2.75) is 4.90 Å². The van der Waals surface area contributed by atoms with Crippen LogP contribution in [0.1, 0.15) is 0 Å². The minimum absolute atomic E-state index is 0. The third-order valence-corrected chi connectivity index (χ3v) is 7.17. The first-order valence-corrected chi connectivity index (χ1v) is 11.7. The number of nitrogens with zero attached hydrogens (tertiary/aromatic N) is 1. The van der Waals surface area contributed by atoms with Gasteiger partial charge < -0.3 is 14.5 Å². The molecule has 0 bridgehead atoms. The third kappa shape index (κ3) is 5.58. The molecule has 3 aromatic rings. The molecule has 11 heteroatoms. The summed E-state index contributed by atoms with van der Waals surface area (Å²) in [4.78, 5) is 2.16. The van der Waals surface area contributed by atoms with Gasteiger partial charge in [0, 0.05) is 31.6 Å². The Kier molecular flexibility index (Phi) is 7.96. The van der Waals surface area contributed by atoms with E-state index in [0.717, 1.165) is 38.2 Å². The summed E-state index contributed by atoms with van der Waals surface area (Å²) in [5, 5.41) is 4.24. The van der Waals surface area contributed by atoms with Gasteiger partial charge in [-0.2, -0.15) is 0 Å². The lowest BCUT2D eigenvalue weighted by atomic mass is 10.2. The summed E-state index contributed by atoms with van der Waals surface area (Å²) in [5.74, 6) is 0. The second-order valence-electron chi connectivity index (χ2n) is 6.90. The van der Waals surface area contributed by atoms with Crippen LogP contribution in [0.5, 0.6) is 0 Å². The summed E-state index contributed by atoms with van der Waals surface area (Å²) >= 11 is 12.2. The molecular weight excluding hydrogens is 485 g/mol. The van der Waals surface area contributed by atoms with Crippen LogP contribution < -0.4 is 10.0 Å². The van der Waals surface area contributed by atoms with E-state index in [-0.39, 0.29) is 27.3 Å². The minimum atomic E-state index is -3.98. The van der Waals surface area contributed by atoms with Crippen LogP contribution in [0.2, 0.25) is 10.0 Å². The van der Waals surface area contributed by atoms with Crippen molar-refractivity contribution in [3.8, 4) is 0 Å². The monoisotopic (exact) mass is 505 g/mol. The molecular formula is C20H22Cl3N3O4S. The van der Waals surface area contributed by atoms with Crippen LogP contribution in [0.4, 0.5) is 11.4 Å². The fourth-order valence-corrected chi connectivity index (χ4v) is 5.58. The maximum atomic E-state index is 12.9. The Hall–Kier alpha value is -1.68. The van der Waals surface area contributed by atoms with Crippen LogP contribution in [-0.4, -0.2) is 52.7 Å². The van der Waals surface area contributed by atoms with Gasteiger partial charge in [-0.15, -0.1) is 12.4 Å². The van der Waals surface area contributed by atoms with Crippen molar-refractivity contribution in [3.05, 3.63) is 52.7 Å². The van der Waals surface area contributed by atoms with Crippen molar-refractivity contribution in [1.82, 2.24) is 4.90 Å². The molecule has 0 saturated carbocycles. The number of sulfonamides is 1. The van der Waals surface area contributed by atoms with Gasteiger partial charge in [0.05, 0.1) is 40.9 Å². The molecule has 0 aliphatic carbocycles. The van der Waals surface area contributed by atoms with Crippen molar-refractivity contribution in [3.63, 3.8) is 0 Å². The molecule has 4 rings (SSSR count). The van der Waals surface area contributed by atoms with Gasteiger partial charge in [0.2, 0.25) is 0 Å². The van der Waals surface area contributed by atoms with E-state index in [4.69, 9.17) is 32.4 Å². The number of benzene rings is 2. The lowest BCUT2D eigenvalue weighted by Gasteiger charge is -2.26. The summed E-state index contributed by atoms with van der Waals surface area (Å²) in [6, 6.07) is 9.75. The van der Waals surface area contributed by atoms with Gasteiger partial charge in [0.1, 0.15) is 4.90 Å². The number of hydrogen-bond donors (Lipinski definition) is 2. The van der Waals surface area contributed by atoms with E-state index < -0.39 is 10.0 Å². The summed E-state index contributed by atoms with van der Waals surface area (Å²) in [7, 11) is -3.98. The lowest BCUT2D eigenvalue weighted by Crippen LogP contribution is -2.39. The number of ether oxygens (including phenoxy) is 1. The Bertz CT molecular complexity index is 1130. The third-order valence-electron chi connectivity index (χ3n) is 4.84. The first-order valence-electron chi connectivity index (χ1n) is 9.46. The van der Waals surface area contributed by atoms with Crippen LogP contribution in [0.15, 0.2) is 52.0 Å². The van der Waals surface area contributed by atoms with Crippen LogP contribution in [-0.2, 0) is 14.8 Å². The van der Waals surface area contributed by atoms with E-state index >= 15 is 0 Å². The van der Waals surface area contributed by atoms with Crippen LogP contribution in [0.25, 0.3) is 11.0 Å². The number of nitrogens with one attached hydrogen (secondary N) is 2. The summed E-state index contributed by atoms with van der Waals surface area (Å²) in [6.07, 6.45) is 1.57. The number of morpholine rings is 1. The standard InChI is InChI=1S/C20H21Cl2N3O4S.ClH/c21-16-2-1-3-17(22)20(16)30(26,27)24-15-12-14-4-9-29-19(14)18(13-15)23-5-6-25-7-10-28-11-8-25;/h1-4,9,12-13,23-24H,5-8,10-11H2;1H. The highest BCUT2D eigenvalue weighted by atomic mass is 35.5. The fraction of sp³-hybridized carbons (Fsp3) is 0.300. The van der Waals surface area contributed by atoms with E-state index in [0.29, 0.717) is 23.5 Å². The molecule has 1 aliphatic heterocycles. The van der Waals surface area contributed by atoms with Crippen molar-refractivity contribution in [2.24, 2.45) is 0 Å². The number of halogens is 3. The summed E-state index contributed by atoms with van der Waals surface area (Å²) in [5.41, 5.74) is 1.75. The predicted octanol–water partition coefficient (Wildman–Crippen LogP) is 4.71. The van der Waals surface area contributed by atoms with E-state index in [9.17, 15) is 8.42 Å². The van der Waals surface area contributed by atoms with E-state index in [1.54, 1.807) is 30.5 Å². The van der Waals surface area contributed by atoms with Gasteiger partial charge in [0.25, 0.3) is 10.0 Å². The second kappa shape index (κ2) is 10.3. The largest absolute Gasteiger partial charge is 0.462 e. The Morgan fingerprint density at radius 1 is 1.06 bits per heavy atom. The molecule has 0 atom stereocenters. The molecule has 1 aromatic heterocycles. The molecule has 1 saturated heterocycles. The molecule has 2 aromatic carbocycles. The Morgan fingerprint density at radius 2 is 1.77 bits per heavy atom. The predicted molar refractivity (Wildman–Crippen MR) is 126 cm³/mol. The second-order valence-corrected chi connectivity index (χ2v) is 9.33. The number of fused-ring (bicyclic) bond motifs is 1. The van der Waals surface area contributed by atoms with Gasteiger partial charge in [-0.1, -0.05) is 29.3 Å². The molecule has 2 N–H and O–H groups in total. The average Bonchev–Trinajstić information content (AvgIpc) is 3.17. The SMILES string of the molecule is Cl.O=S(=O)(Nc1cc(NCCN2CCOCC2)c2occc2c1)c1c(Cl)cccc1Cl. The number of rotatable bonds is 7. The van der Waals surface area contributed by atoms with Crippen molar-refractivity contribution in [1.29, 1.82) is 0 Å². The smallest absolute Gasteiger partial charge is 0.264 e. The maximum Gasteiger partial charge on any atom is 0.264 e. The molecule has 7 nitrogen and oxygen atoms in total. The normalized spacial score (nSPS) is 14.9. The van der Waals surface area contributed by atoms with Crippen molar-refractivity contribution < 1.29 is 17.6 Å². The van der Waals surface area contributed by atoms with E-state index in [2.05, 4.69) is 14.9 Å². The summed E-state index contributed by atoms with van der Waals surface area (Å²) in [6.45, 7) is 4.81. The minimum Gasteiger partial charge on any atom is -0.462 e. The average molecular weight is 507 g/mol. The number of anilines is 2. The highest BCUT2D eigenvalue weighted by molar-refractivity contribution is 7.93. The Morgan fingerprint density at radius 3 is 2.48 bits per heavy atom. The number of hydrogen-bond acceptors (Lipinski definition) is 6. The topological polar surface area (TPSA) is 83.8 Å². The molecule has 168 valence electrons. The zero-order chi connectivity index (χ0) is 21.1. The van der Waals surface area contributed by atoms with Gasteiger partial charge in [0.15, 0.2) is 5.58 Å². The van der Waals surface area contributed by atoms with Gasteiger partial charge in [-0.05, 0) is 30.3 Å². The molecule has 0 unspecified atom stereocenters. The van der Waals surface area contributed by atoms with Gasteiger partial charge in [-0.3, -0.25) is 9.62 Å². The van der Waals surface area contributed by atoms with Crippen LogP contribution in [0, 0.1) is 0 Å². The Balaban J connectivity index is 0.00000272. The zero-order valence-electron chi connectivity index (χ0n) is 16.4. The van der Waals surface area contributed by atoms with Gasteiger partial charge >= 0.3 is 0 Å². The molecule has 0 radical (unpaired) electrons.